The van der Waals surface area contributed by atoms with Crippen LogP contribution in [0.15, 0.2) is 6.20 Å². The molecule has 7 nitrogen and oxygen atoms in total. The number of aromatic nitrogens is 2. The van der Waals surface area contributed by atoms with Gasteiger partial charge in [-0.25, -0.2) is 0 Å². The normalized spacial score (nSPS) is 34.6. The third-order valence-electron chi connectivity index (χ3n) is 5.87. The summed E-state index contributed by atoms with van der Waals surface area (Å²) >= 11 is 0. The van der Waals surface area contributed by atoms with Gasteiger partial charge < -0.3 is 5.32 Å². The van der Waals surface area contributed by atoms with E-state index in [4.69, 9.17) is 0 Å². The van der Waals surface area contributed by atoms with Gasteiger partial charge in [-0.2, -0.15) is 5.10 Å². The molecule has 1 aromatic rings. The summed E-state index contributed by atoms with van der Waals surface area (Å²) < 4.78 is 1.38. The smallest absolute Gasteiger partial charge is 0.309 e. The molecular formula is C16H22N4O3. The van der Waals surface area contributed by atoms with Gasteiger partial charge in [-0.05, 0) is 63.2 Å². The number of nitrogens with one attached hydrogen (secondary N) is 1. The molecule has 0 radical (unpaired) electrons. The van der Waals surface area contributed by atoms with Crippen molar-refractivity contribution in [2.45, 2.75) is 57.5 Å². The Morgan fingerprint density at radius 3 is 2.39 bits per heavy atom. The Labute approximate surface area is 134 Å². The van der Waals surface area contributed by atoms with E-state index in [2.05, 4.69) is 10.4 Å². The van der Waals surface area contributed by atoms with Gasteiger partial charge in [-0.1, -0.05) is 0 Å². The molecular weight excluding hydrogens is 296 g/mol. The van der Waals surface area contributed by atoms with Crippen molar-refractivity contribution >= 4 is 11.6 Å². The van der Waals surface area contributed by atoms with E-state index < -0.39 is 4.92 Å². The maximum absolute atomic E-state index is 12.4. The van der Waals surface area contributed by atoms with Crippen molar-refractivity contribution in [3.05, 3.63) is 22.0 Å². The second kappa shape index (κ2) is 5.04. The summed E-state index contributed by atoms with van der Waals surface area (Å²) in [5.74, 6) is 2.24. The minimum atomic E-state index is -0.462. The van der Waals surface area contributed by atoms with E-state index in [-0.39, 0.29) is 23.7 Å². The molecule has 23 heavy (non-hydrogen) atoms. The van der Waals surface area contributed by atoms with Gasteiger partial charge in [-0.15, -0.1) is 0 Å². The fraction of sp³-hybridized carbons (Fsp3) is 0.750. The van der Waals surface area contributed by atoms with Crippen LogP contribution in [-0.4, -0.2) is 26.1 Å². The highest BCUT2D eigenvalue weighted by molar-refractivity contribution is 5.76. The first kappa shape index (κ1) is 14.7. The molecule has 0 atom stereocenters. The lowest BCUT2D eigenvalue weighted by Crippen LogP contribution is -2.60. The first-order valence-electron chi connectivity index (χ1n) is 8.42. The molecule has 1 amide bonds. The minimum absolute atomic E-state index is 0.0278. The number of hydrogen-bond donors (Lipinski definition) is 1. The monoisotopic (exact) mass is 318 g/mol. The lowest BCUT2D eigenvalue weighted by atomic mass is 9.53. The van der Waals surface area contributed by atoms with Gasteiger partial charge in [0.15, 0.2) is 0 Å². The molecule has 4 aliphatic rings. The van der Waals surface area contributed by atoms with E-state index in [1.54, 1.807) is 6.92 Å². The van der Waals surface area contributed by atoms with Crippen LogP contribution in [0.4, 0.5) is 5.69 Å². The number of aryl methyl sites for hydroxylation is 1. The lowest BCUT2D eigenvalue weighted by Gasteiger charge is -2.56. The lowest BCUT2D eigenvalue weighted by molar-refractivity contribution is -0.385. The van der Waals surface area contributed by atoms with E-state index in [1.165, 1.54) is 30.1 Å². The fourth-order valence-corrected chi connectivity index (χ4v) is 5.51. The van der Waals surface area contributed by atoms with Crippen molar-refractivity contribution in [2.75, 3.05) is 0 Å². The van der Waals surface area contributed by atoms with Crippen LogP contribution in [0.2, 0.25) is 0 Å². The quantitative estimate of drug-likeness (QED) is 0.680. The molecule has 1 N–H and O–H groups in total. The zero-order chi connectivity index (χ0) is 16.2. The second-order valence-corrected chi connectivity index (χ2v) is 7.80. The largest absolute Gasteiger partial charge is 0.349 e. The molecule has 124 valence electrons. The Hall–Kier alpha value is -1.92. The molecule has 4 bridgehead atoms. The fourth-order valence-electron chi connectivity index (χ4n) is 5.51. The average Bonchev–Trinajstić information content (AvgIpc) is 2.76. The van der Waals surface area contributed by atoms with Crippen molar-refractivity contribution < 1.29 is 9.72 Å². The zero-order valence-corrected chi connectivity index (χ0v) is 13.3. The zero-order valence-electron chi connectivity index (χ0n) is 13.3. The second-order valence-electron chi connectivity index (χ2n) is 7.80. The highest BCUT2D eigenvalue weighted by Crippen LogP contribution is 2.55. The van der Waals surface area contributed by atoms with Gasteiger partial charge in [0, 0.05) is 5.54 Å². The van der Waals surface area contributed by atoms with E-state index in [0.717, 1.165) is 37.0 Å². The molecule has 7 heteroatoms. The summed E-state index contributed by atoms with van der Waals surface area (Å²) in [7, 11) is 0. The Bertz CT molecular complexity index is 631. The van der Waals surface area contributed by atoms with Gasteiger partial charge in [-0.3, -0.25) is 19.6 Å². The van der Waals surface area contributed by atoms with Gasteiger partial charge in [0.05, 0.1) is 4.92 Å². The number of carbonyl (C=O) groups is 1. The van der Waals surface area contributed by atoms with Gasteiger partial charge in [0.2, 0.25) is 5.91 Å². The maximum Gasteiger partial charge on any atom is 0.309 e. The average molecular weight is 318 g/mol. The van der Waals surface area contributed by atoms with Crippen LogP contribution in [-0.2, 0) is 11.3 Å². The highest BCUT2D eigenvalue weighted by atomic mass is 16.6. The number of nitrogens with zero attached hydrogens (tertiary/aromatic N) is 3. The third kappa shape index (κ3) is 2.62. The van der Waals surface area contributed by atoms with Gasteiger partial charge in [0.25, 0.3) is 0 Å². The van der Waals surface area contributed by atoms with Crippen LogP contribution >= 0.6 is 0 Å². The van der Waals surface area contributed by atoms with Crippen LogP contribution in [0.25, 0.3) is 0 Å². The van der Waals surface area contributed by atoms with E-state index in [1.807, 2.05) is 0 Å². The highest BCUT2D eigenvalue weighted by Gasteiger charge is 2.51. The van der Waals surface area contributed by atoms with Gasteiger partial charge in [0.1, 0.15) is 18.4 Å². The summed E-state index contributed by atoms with van der Waals surface area (Å²) in [5, 5.41) is 18.2. The van der Waals surface area contributed by atoms with Crippen molar-refractivity contribution in [3.63, 3.8) is 0 Å². The number of hydrogen-bond acceptors (Lipinski definition) is 4. The topological polar surface area (TPSA) is 90.1 Å². The van der Waals surface area contributed by atoms with Crippen LogP contribution < -0.4 is 5.32 Å². The summed E-state index contributed by atoms with van der Waals surface area (Å²) in [6.07, 6.45) is 8.64. The van der Waals surface area contributed by atoms with Gasteiger partial charge >= 0.3 is 5.69 Å². The maximum atomic E-state index is 12.4. The molecule has 0 spiro atoms. The molecule has 1 aromatic heterocycles. The van der Waals surface area contributed by atoms with Crippen LogP contribution in [0.1, 0.15) is 44.2 Å². The van der Waals surface area contributed by atoms with Crippen molar-refractivity contribution in [1.29, 1.82) is 0 Å². The van der Waals surface area contributed by atoms with E-state index >= 15 is 0 Å². The van der Waals surface area contributed by atoms with E-state index in [0.29, 0.717) is 5.69 Å². The van der Waals surface area contributed by atoms with Crippen LogP contribution in [0, 0.1) is 34.8 Å². The summed E-state index contributed by atoms with van der Waals surface area (Å²) in [6, 6.07) is 0. The molecule has 0 aliphatic heterocycles. The summed E-state index contributed by atoms with van der Waals surface area (Å²) in [6.45, 7) is 1.64. The molecule has 5 rings (SSSR count). The number of rotatable bonds is 4. The molecule has 0 saturated heterocycles. The number of nitro groups is 1. The number of amides is 1. The first-order chi connectivity index (χ1) is 10.9. The minimum Gasteiger partial charge on any atom is -0.349 e. The van der Waals surface area contributed by atoms with Crippen molar-refractivity contribution in [2.24, 2.45) is 17.8 Å². The predicted molar refractivity (Wildman–Crippen MR) is 82.7 cm³/mol. The van der Waals surface area contributed by atoms with E-state index in [9.17, 15) is 14.9 Å². The molecule has 0 aromatic carbocycles. The van der Waals surface area contributed by atoms with Crippen molar-refractivity contribution in [3.8, 4) is 0 Å². The number of carbonyl (C=O) groups excluding carboxylic acids is 1. The third-order valence-corrected chi connectivity index (χ3v) is 5.87. The summed E-state index contributed by atoms with van der Waals surface area (Å²) in [5.41, 5.74) is 0.283. The molecule has 4 aliphatic carbocycles. The molecule has 4 fully saturated rings. The molecule has 4 saturated carbocycles. The van der Waals surface area contributed by atoms with Crippen LogP contribution in [0.5, 0.6) is 0 Å². The SMILES string of the molecule is Cc1nn(CC(=O)NC23CC4CC(CC(C4)C2)C3)cc1[N+](=O)[O-]. The Morgan fingerprint density at radius 1 is 1.35 bits per heavy atom. The standard InChI is InChI=1S/C16H22N4O3/c1-10-14(20(22)23)8-19(18-10)9-15(21)17-16-5-11-2-12(6-16)4-13(3-11)7-16/h8,11-13H,2-7,9H2,1H3,(H,17,21). The Kier molecular flexibility index (Phi) is 3.21. The molecule has 0 unspecified atom stereocenters. The summed E-state index contributed by atoms with van der Waals surface area (Å²) in [4.78, 5) is 22.9. The Morgan fingerprint density at radius 2 is 1.91 bits per heavy atom. The molecule has 1 heterocycles. The van der Waals surface area contributed by atoms with Crippen molar-refractivity contribution in [1.82, 2.24) is 15.1 Å². The Balaban J connectivity index is 1.44. The van der Waals surface area contributed by atoms with Crippen LogP contribution in [0.3, 0.4) is 0 Å². The first-order valence-corrected chi connectivity index (χ1v) is 8.42. The predicted octanol–water partition coefficient (Wildman–Crippen LogP) is 2.18.